The highest BCUT2D eigenvalue weighted by Crippen LogP contribution is 2.34. The molecule has 0 saturated carbocycles. The summed E-state index contributed by atoms with van der Waals surface area (Å²) in [7, 11) is 2.45. The van der Waals surface area contributed by atoms with Crippen LogP contribution in [-0.4, -0.2) is 35.4 Å². The van der Waals surface area contributed by atoms with Crippen LogP contribution in [0.2, 0.25) is 0 Å². The Hall–Kier alpha value is -2.18. The molecule has 0 unspecified atom stereocenters. The minimum atomic E-state index is -1.55. The van der Waals surface area contributed by atoms with Gasteiger partial charge in [0.05, 0.1) is 14.2 Å². The molecule has 0 bridgehead atoms. The predicted molar refractivity (Wildman–Crippen MR) is 48.8 cm³/mol. The van der Waals surface area contributed by atoms with Crippen molar-refractivity contribution in [2.24, 2.45) is 0 Å². The van der Waals surface area contributed by atoms with Gasteiger partial charge in [-0.15, -0.1) is 0 Å². The Morgan fingerprint density at radius 3 is 2.33 bits per heavy atom. The Balaban J connectivity index is 3.59. The number of carbonyl (C=O) groups is 1. The third-order valence-corrected chi connectivity index (χ3v) is 1.73. The molecule has 1 aromatic rings. The van der Waals surface area contributed by atoms with Crippen LogP contribution in [-0.2, 0) is 0 Å². The summed E-state index contributed by atoms with van der Waals surface area (Å²) in [4.78, 5) is 24.0. The van der Waals surface area contributed by atoms with Crippen molar-refractivity contribution >= 4 is 5.97 Å². The minimum absolute atomic E-state index is 0.134. The van der Waals surface area contributed by atoms with Crippen molar-refractivity contribution in [1.82, 2.24) is 4.98 Å². The summed E-state index contributed by atoms with van der Waals surface area (Å²) in [5, 5.41) is 18.1. The SMILES string of the molecule is COc1[nH]c(=O)c(C(=O)O)c(O)c1OC. The predicted octanol–water partition coefficient (Wildman–Crippen LogP) is -0.204. The standard InChI is InChI=1S/C8H9NO6/c1-14-5-4(10)3(8(12)13)6(11)9-7(5)15-2/h1-2H3,(H,12,13)(H2,9,10,11). The molecule has 0 aliphatic rings. The van der Waals surface area contributed by atoms with Gasteiger partial charge in [0.2, 0.25) is 11.6 Å². The van der Waals surface area contributed by atoms with Gasteiger partial charge in [0.25, 0.3) is 5.56 Å². The fraction of sp³-hybridized carbons (Fsp3) is 0.250. The number of ether oxygens (including phenoxy) is 2. The van der Waals surface area contributed by atoms with Crippen molar-refractivity contribution < 1.29 is 24.5 Å². The highest BCUT2D eigenvalue weighted by atomic mass is 16.5. The van der Waals surface area contributed by atoms with Crippen molar-refractivity contribution in [1.29, 1.82) is 0 Å². The third kappa shape index (κ3) is 1.71. The number of aromatic nitrogens is 1. The molecule has 0 fully saturated rings. The zero-order chi connectivity index (χ0) is 11.6. The average Bonchev–Trinajstić information content (AvgIpc) is 2.16. The molecule has 0 aliphatic carbocycles. The van der Waals surface area contributed by atoms with E-state index in [0.29, 0.717) is 0 Å². The third-order valence-electron chi connectivity index (χ3n) is 1.73. The van der Waals surface area contributed by atoms with Crippen LogP contribution in [0.5, 0.6) is 17.4 Å². The summed E-state index contributed by atoms with van der Waals surface area (Å²) >= 11 is 0. The first-order chi connectivity index (χ1) is 7.02. The number of aromatic amines is 1. The molecule has 7 nitrogen and oxygen atoms in total. The van der Waals surface area contributed by atoms with Gasteiger partial charge in [-0.3, -0.25) is 9.78 Å². The molecule has 15 heavy (non-hydrogen) atoms. The van der Waals surface area contributed by atoms with E-state index in [1.807, 2.05) is 0 Å². The smallest absolute Gasteiger partial charge is 0.345 e. The molecule has 1 heterocycles. The monoisotopic (exact) mass is 215 g/mol. The zero-order valence-corrected chi connectivity index (χ0v) is 8.03. The maximum absolute atomic E-state index is 11.2. The second-order valence-corrected chi connectivity index (χ2v) is 2.55. The summed E-state index contributed by atoms with van der Waals surface area (Å²) < 4.78 is 9.40. The Bertz CT molecular complexity index is 449. The second kappa shape index (κ2) is 3.91. The van der Waals surface area contributed by atoms with Crippen LogP contribution in [0.4, 0.5) is 0 Å². The first-order valence-electron chi connectivity index (χ1n) is 3.83. The van der Waals surface area contributed by atoms with Crippen molar-refractivity contribution in [3.8, 4) is 17.4 Å². The molecule has 82 valence electrons. The van der Waals surface area contributed by atoms with Crippen LogP contribution in [0.3, 0.4) is 0 Å². The van der Waals surface area contributed by atoms with Gasteiger partial charge in [-0.25, -0.2) is 4.79 Å². The molecule has 0 amide bonds. The minimum Gasteiger partial charge on any atom is -0.503 e. The molecule has 3 N–H and O–H groups in total. The van der Waals surface area contributed by atoms with Crippen LogP contribution in [0.1, 0.15) is 10.4 Å². The summed E-state index contributed by atoms with van der Waals surface area (Å²) in [5.74, 6) is -2.67. The number of H-pyrrole nitrogens is 1. The topological polar surface area (TPSA) is 109 Å². The lowest BCUT2D eigenvalue weighted by molar-refractivity contribution is 0.0690. The van der Waals surface area contributed by atoms with Gasteiger partial charge >= 0.3 is 5.97 Å². The summed E-state index contributed by atoms with van der Waals surface area (Å²) in [6, 6.07) is 0. The Morgan fingerprint density at radius 2 is 1.93 bits per heavy atom. The van der Waals surface area contributed by atoms with E-state index in [1.165, 1.54) is 14.2 Å². The fourth-order valence-corrected chi connectivity index (χ4v) is 1.08. The largest absolute Gasteiger partial charge is 0.503 e. The summed E-state index contributed by atoms with van der Waals surface area (Å²) in [5.41, 5.74) is -1.75. The van der Waals surface area contributed by atoms with Crippen molar-refractivity contribution in [3.05, 3.63) is 15.9 Å². The van der Waals surface area contributed by atoms with Crippen molar-refractivity contribution in [2.75, 3.05) is 14.2 Å². The van der Waals surface area contributed by atoms with Crippen molar-refractivity contribution in [2.45, 2.75) is 0 Å². The van der Waals surface area contributed by atoms with Gasteiger partial charge < -0.3 is 19.7 Å². The van der Waals surface area contributed by atoms with Gasteiger partial charge in [-0.2, -0.15) is 0 Å². The van der Waals surface area contributed by atoms with E-state index in [4.69, 9.17) is 14.6 Å². The van der Waals surface area contributed by atoms with Gasteiger partial charge in [-0.1, -0.05) is 0 Å². The fourth-order valence-electron chi connectivity index (χ4n) is 1.08. The van der Waals surface area contributed by atoms with E-state index < -0.39 is 22.8 Å². The van der Waals surface area contributed by atoms with E-state index in [2.05, 4.69) is 4.98 Å². The molecule has 0 aromatic carbocycles. The molecule has 1 aromatic heterocycles. The van der Waals surface area contributed by atoms with Gasteiger partial charge in [0.15, 0.2) is 11.3 Å². The number of methoxy groups -OCH3 is 2. The number of pyridine rings is 1. The molecule has 7 heteroatoms. The summed E-state index contributed by atoms with van der Waals surface area (Å²) in [6.45, 7) is 0. The lowest BCUT2D eigenvalue weighted by atomic mass is 10.2. The molecule has 0 saturated heterocycles. The average molecular weight is 215 g/mol. The quantitative estimate of drug-likeness (QED) is 0.644. The number of nitrogens with one attached hydrogen (secondary N) is 1. The maximum atomic E-state index is 11.2. The van der Waals surface area contributed by atoms with Gasteiger partial charge in [-0.05, 0) is 0 Å². The number of aromatic hydroxyl groups is 1. The first-order valence-corrected chi connectivity index (χ1v) is 3.83. The normalized spacial score (nSPS) is 9.73. The molecule has 0 atom stereocenters. The van der Waals surface area contributed by atoms with Gasteiger partial charge in [0, 0.05) is 0 Å². The number of hydrogen-bond acceptors (Lipinski definition) is 5. The number of hydrogen-bond donors (Lipinski definition) is 3. The van der Waals surface area contributed by atoms with Crippen LogP contribution < -0.4 is 15.0 Å². The zero-order valence-electron chi connectivity index (χ0n) is 8.03. The maximum Gasteiger partial charge on any atom is 0.345 e. The van der Waals surface area contributed by atoms with E-state index in [0.717, 1.165) is 0 Å². The lowest BCUT2D eigenvalue weighted by Gasteiger charge is -2.09. The summed E-state index contributed by atoms with van der Waals surface area (Å²) in [6.07, 6.45) is 0. The Labute approximate surface area is 83.9 Å². The van der Waals surface area contributed by atoms with Crippen LogP contribution in [0, 0.1) is 0 Å². The second-order valence-electron chi connectivity index (χ2n) is 2.55. The number of rotatable bonds is 3. The van der Waals surface area contributed by atoms with E-state index in [1.54, 1.807) is 0 Å². The lowest BCUT2D eigenvalue weighted by Crippen LogP contribution is -2.18. The number of carboxylic acids is 1. The molecular formula is C8H9NO6. The van der Waals surface area contributed by atoms with Crippen LogP contribution in [0.25, 0.3) is 0 Å². The van der Waals surface area contributed by atoms with Gasteiger partial charge in [0.1, 0.15) is 0 Å². The van der Waals surface area contributed by atoms with E-state index in [9.17, 15) is 14.7 Å². The van der Waals surface area contributed by atoms with Crippen LogP contribution >= 0.6 is 0 Å². The molecule has 1 rings (SSSR count). The Morgan fingerprint density at radius 1 is 1.33 bits per heavy atom. The van der Waals surface area contributed by atoms with Crippen molar-refractivity contribution in [3.63, 3.8) is 0 Å². The van der Waals surface area contributed by atoms with E-state index in [-0.39, 0.29) is 11.6 Å². The number of aromatic carboxylic acids is 1. The molecule has 0 spiro atoms. The van der Waals surface area contributed by atoms with Crippen LogP contribution in [0.15, 0.2) is 4.79 Å². The highest BCUT2D eigenvalue weighted by Gasteiger charge is 2.23. The number of carboxylic acid groups (broad SMARTS) is 1. The highest BCUT2D eigenvalue weighted by molar-refractivity contribution is 5.91. The molecular weight excluding hydrogens is 206 g/mol. The van der Waals surface area contributed by atoms with E-state index >= 15 is 0 Å². The molecule has 0 radical (unpaired) electrons. The molecule has 0 aliphatic heterocycles. The first kappa shape index (κ1) is 10.9. The Kier molecular flexibility index (Phi) is 2.84.